The van der Waals surface area contributed by atoms with E-state index in [-0.39, 0.29) is 30.6 Å². The Hall–Kier alpha value is -4.86. The normalized spacial score (nSPS) is 11.5. The molecule has 2 aromatic carbocycles. The van der Waals surface area contributed by atoms with Crippen LogP contribution in [0.1, 0.15) is 77.8 Å². The van der Waals surface area contributed by atoms with Crippen molar-refractivity contribution in [2.45, 2.75) is 72.3 Å². The van der Waals surface area contributed by atoms with E-state index in [4.69, 9.17) is 9.47 Å². The molecule has 2 aromatic heterocycles. The third-order valence-corrected chi connectivity index (χ3v) is 7.44. The maximum atomic E-state index is 14.2. The van der Waals surface area contributed by atoms with Crippen LogP contribution in [0.15, 0.2) is 65.6 Å². The minimum absolute atomic E-state index is 0.0833. The van der Waals surface area contributed by atoms with Crippen molar-refractivity contribution >= 4 is 34.5 Å². The third-order valence-electron chi connectivity index (χ3n) is 7.44. The van der Waals surface area contributed by atoms with Crippen molar-refractivity contribution in [3.63, 3.8) is 0 Å². The number of nitrogens with zero attached hydrogens (tertiary/aromatic N) is 2. The number of ether oxygens (including phenoxy) is 2. The quantitative estimate of drug-likeness (QED) is 0.154. The third kappa shape index (κ3) is 8.44. The van der Waals surface area contributed by atoms with Crippen LogP contribution in [0.4, 0.5) is 21.0 Å². The summed E-state index contributed by atoms with van der Waals surface area (Å²) >= 11 is 0. The predicted octanol–water partition coefficient (Wildman–Crippen LogP) is 7.80. The zero-order valence-electron chi connectivity index (χ0n) is 28.0. The van der Waals surface area contributed by atoms with Crippen LogP contribution in [0, 0.1) is 0 Å². The highest BCUT2D eigenvalue weighted by atomic mass is 16.6. The highest BCUT2D eigenvalue weighted by Crippen LogP contribution is 2.38. The van der Waals surface area contributed by atoms with Crippen molar-refractivity contribution in [1.29, 1.82) is 0 Å². The molecule has 0 aliphatic carbocycles. The summed E-state index contributed by atoms with van der Waals surface area (Å²) in [6.07, 6.45) is 1.43. The van der Waals surface area contributed by atoms with E-state index in [9.17, 15) is 14.4 Å². The zero-order chi connectivity index (χ0) is 33.6. The molecule has 10 nitrogen and oxygen atoms in total. The van der Waals surface area contributed by atoms with E-state index in [1.165, 1.54) is 4.90 Å². The summed E-state index contributed by atoms with van der Waals surface area (Å²) < 4.78 is 10.8. The molecule has 0 saturated heterocycles. The number of anilines is 2. The van der Waals surface area contributed by atoms with E-state index in [0.29, 0.717) is 17.5 Å². The number of amides is 3. The largest absolute Gasteiger partial charge is 0.497 e. The fourth-order valence-corrected chi connectivity index (χ4v) is 5.18. The van der Waals surface area contributed by atoms with Gasteiger partial charge in [0, 0.05) is 30.4 Å². The number of aromatic amines is 1. The number of rotatable bonds is 10. The Morgan fingerprint density at radius 3 is 2.28 bits per heavy atom. The lowest BCUT2D eigenvalue weighted by atomic mass is 9.88. The number of nitrogens with one attached hydrogen (secondary N) is 3. The van der Waals surface area contributed by atoms with Gasteiger partial charge in [-0.2, -0.15) is 0 Å². The van der Waals surface area contributed by atoms with Crippen molar-refractivity contribution in [3.8, 4) is 16.9 Å². The molecule has 46 heavy (non-hydrogen) atoms. The van der Waals surface area contributed by atoms with Crippen LogP contribution in [0.25, 0.3) is 22.2 Å². The summed E-state index contributed by atoms with van der Waals surface area (Å²) in [4.78, 5) is 48.2. The molecule has 0 aliphatic rings. The fraction of sp³-hybridized carbons (Fsp3) is 0.389. The molecule has 2 heterocycles. The van der Waals surface area contributed by atoms with Crippen molar-refractivity contribution in [2.75, 3.05) is 30.4 Å². The summed E-state index contributed by atoms with van der Waals surface area (Å²) in [7, 11) is 1.65. The molecule has 4 rings (SSSR count). The number of pyridine rings is 2. The second-order valence-corrected chi connectivity index (χ2v) is 12.9. The lowest BCUT2D eigenvalue weighted by Gasteiger charge is -2.27. The molecular weight excluding hydrogens is 582 g/mol. The van der Waals surface area contributed by atoms with E-state index >= 15 is 0 Å². The smallest absolute Gasteiger partial charge is 0.407 e. The van der Waals surface area contributed by atoms with Crippen LogP contribution in [0.3, 0.4) is 0 Å². The summed E-state index contributed by atoms with van der Waals surface area (Å²) in [5.74, 6) is 0.930. The molecule has 0 atom stereocenters. The second-order valence-electron chi connectivity index (χ2n) is 12.9. The molecule has 0 fully saturated rings. The number of H-pyrrole nitrogens is 1. The van der Waals surface area contributed by atoms with Crippen LogP contribution >= 0.6 is 0 Å². The number of fused-ring (bicyclic) bond motifs is 1. The number of carbonyl (C=O) groups excluding carboxylic acids is 2. The second kappa shape index (κ2) is 14.5. The fourth-order valence-electron chi connectivity index (χ4n) is 5.18. The van der Waals surface area contributed by atoms with Crippen LogP contribution in [-0.2, 0) is 4.74 Å². The van der Waals surface area contributed by atoms with Crippen molar-refractivity contribution in [1.82, 2.24) is 15.3 Å². The molecular formula is C36H45N5O5. The number of hydrogen-bond acceptors (Lipinski definition) is 6. The number of urea groups is 1. The van der Waals surface area contributed by atoms with Gasteiger partial charge in [-0.1, -0.05) is 39.8 Å². The lowest BCUT2D eigenvalue weighted by molar-refractivity contribution is 0.0527. The SMILES string of the molecule is COc1cccc(-c2cc(C(C)C)c(NC(=O)N(CCCNC(=O)OC(C)(C)C)c3cc4cccnc4[nH]c3=O)c(C(C)C)c2)c1. The minimum atomic E-state index is -0.632. The van der Waals surface area contributed by atoms with Crippen LogP contribution in [0.2, 0.25) is 0 Å². The number of aromatic nitrogens is 2. The van der Waals surface area contributed by atoms with Gasteiger partial charge in [-0.05, 0) is 104 Å². The maximum Gasteiger partial charge on any atom is 0.407 e. The van der Waals surface area contributed by atoms with E-state index in [1.54, 1.807) is 46.2 Å². The Morgan fingerprint density at radius 2 is 1.65 bits per heavy atom. The van der Waals surface area contributed by atoms with Gasteiger partial charge in [0.15, 0.2) is 0 Å². The van der Waals surface area contributed by atoms with E-state index in [0.717, 1.165) is 33.7 Å². The van der Waals surface area contributed by atoms with Gasteiger partial charge in [0.25, 0.3) is 5.56 Å². The van der Waals surface area contributed by atoms with Gasteiger partial charge in [-0.25, -0.2) is 14.6 Å². The summed E-state index contributed by atoms with van der Waals surface area (Å²) in [5, 5.41) is 6.60. The molecule has 0 saturated carbocycles. The molecule has 0 unspecified atom stereocenters. The van der Waals surface area contributed by atoms with Gasteiger partial charge in [-0.15, -0.1) is 0 Å². The number of hydrogen-bond donors (Lipinski definition) is 3. The molecule has 4 aromatic rings. The molecule has 0 spiro atoms. The number of benzene rings is 2. The van der Waals surface area contributed by atoms with Gasteiger partial charge in [0.2, 0.25) is 0 Å². The van der Waals surface area contributed by atoms with Gasteiger partial charge in [-0.3, -0.25) is 9.69 Å². The zero-order valence-corrected chi connectivity index (χ0v) is 28.0. The average molecular weight is 628 g/mol. The van der Waals surface area contributed by atoms with Gasteiger partial charge in [0.1, 0.15) is 22.7 Å². The summed E-state index contributed by atoms with van der Waals surface area (Å²) in [6.45, 7) is 14.1. The van der Waals surface area contributed by atoms with Crippen molar-refractivity contribution in [2.24, 2.45) is 0 Å². The molecule has 0 aliphatic heterocycles. The summed E-state index contributed by atoms with van der Waals surface area (Å²) in [6, 6.07) is 16.9. The molecule has 3 amide bonds. The minimum Gasteiger partial charge on any atom is -0.497 e. The monoisotopic (exact) mass is 627 g/mol. The molecule has 0 radical (unpaired) electrons. The first kappa shape index (κ1) is 34.0. The molecule has 0 bridgehead atoms. The topological polar surface area (TPSA) is 126 Å². The van der Waals surface area contributed by atoms with Gasteiger partial charge >= 0.3 is 12.1 Å². The Labute approximate surface area is 270 Å². The molecule has 10 heteroatoms. The average Bonchev–Trinajstić information content (AvgIpc) is 2.99. The molecule has 3 N–H and O–H groups in total. The van der Waals surface area contributed by atoms with Crippen LogP contribution < -0.4 is 25.8 Å². The predicted molar refractivity (Wildman–Crippen MR) is 184 cm³/mol. The highest BCUT2D eigenvalue weighted by Gasteiger charge is 2.24. The number of carbonyl (C=O) groups is 2. The number of methoxy groups -OCH3 is 1. The van der Waals surface area contributed by atoms with Crippen LogP contribution in [-0.4, -0.2) is 47.9 Å². The maximum absolute atomic E-state index is 14.2. The Balaban J connectivity index is 1.71. The van der Waals surface area contributed by atoms with Crippen molar-refractivity contribution in [3.05, 3.63) is 82.3 Å². The van der Waals surface area contributed by atoms with Crippen LogP contribution in [0.5, 0.6) is 5.75 Å². The van der Waals surface area contributed by atoms with Gasteiger partial charge in [0.05, 0.1) is 7.11 Å². The van der Waals surface area contributed by atoms with Gasteiger partial charge < -0.3 is 25.1 Å². The Kier molecular flexibility index (Phi) is 10.7. The Morgan fingerprint density at radius 1 is 0.957 bits per heavy atom. The van der Waals surface area contributed by atoms with Crippen molar-refractivity contribution < 1.29 is 19.1 Å². The first-order valence-electron chi connectivity index (χ1n) is 15.6. The first-order valence-corrected chi connectivity index (χ1v) is 15.6. The molecule has 244 valence electrons. The first-order chi connectivity index (χ1) is 21.8. The lowest BCUT2D eigenvalue weighted by Crippen LogP contribution is -2.41. The number of alkyl carbamates (subject to hydrolysis) is 1. The standard InChI is InChI=1S/C36H45N5O5/c1-22(2)28-19-26(24-12-9-14-27(18-24)45-8)20-29(23(3)4)31(28)39-34(43)41(17-11-16-38-35(44)46-36(5,6)7)30-21-25-13-10-15-37-32(25)40-33(30)42/h9-10,12-15,18-23H,11,16-17H2,1-8H3,(H,38,44)(H,39,43)(H,37,40,42). The highest BCUT2D eigenvalue weighted by molar-refractivity contribution is 6.03. The Bertz CT molecular complexity index is 1730. The van der Waals surface area contributed by atoms with E-state index < -0.39 is 23.3 Å². The van der Waals surface area contributed by atoms with E-state index in [1.807, 2.05) is 30.3 Å². The summed E-state index contributed by atoms with van der Waals surface area (Å²) in [5.41, 5.74) is 4.24. The van der Waals surface area contributed by atoms with E-state index in [2.05, 4.69) is 60.4 Å².